The van der Waals surface area contributed by atoms with Gasteiger partial charge >= 0.3 is 5.97 Å². The molecule has 1 aliphatic heterocycles. The molecule has 3 rings (SSSR count). The molecule has 26 heavy (non-hydrogen) atoms. The Labute approximate surface area is 157 Å². The number of benzene rings is 2. The molecule has 0 aromatic heterocycles. The summed E-state index contributed by atoms with van der Waals surface area (Å²) in [4.78, 5) is 52.8. The number of carbonyl (C=O) groups is 4. The second-order valence-corrected chi connectivity index (χ2v) is 6.04. The normalized spacial score (nSPS) is 12.8. The van der Waals surface area contributed by atoms with E-state index in [1.165, 1.54) is 30.3 Å². The quantitative estimate of drug-likeness (QED) is 0.806. The zero-order valence-corrected chi connectivity index (χ0v) is 14.5. The highest BCUT2D eigenvalue weighted by Crippen LogP contribution is 2.23. The summed E-state index contributed by atoms with van der Waals surface area (Å²) < 4.78 is 0. The van der Waals surface area contributed by atoms with Crippen LogP contribution in [0.15, 0.2) is 42.5 Å². The number of hydrogen-bond acceptors (Lipinski definition) is 5. The summed E-state index contributed by atoms with van der Waals surface area (Å²) in [5.74, 6) is -3.06. The first kappa shape index (κ1) is 17.9. The molecular weight excluding hydrogens is 383 g/mol. The summed E-state index contributed by atoms with van der Waals surface area (Å²) in [6, 6.07) is 10.3. The number of amides is 3. The standard InChI is InChI=1S/C17H10Cl2N2O5/c18-12-6-5-9(7-13(12)19)15(23)20-8-14(22)26-21-16(24)10-3-1-2-4-11(10)17(21)25/h1-7H,8H2,(H,20,23). The van der Waals surface area contributed by atoms with Gasteiger partial charge < -0.3 is 10.2 Å². The maximum Gasteiger partial charge on any atom is 0.352 e. The lowest BCUT2D eigenvalue weighted by Gasteiger charge is -2.13. The van der Waals surface area contributed by atoms with Gasteiger partial charge in [0, 0.05) is 5.56 Å². The summed E-state index contributed by atoms with van der Waals surface area (Å²) in [5, 5.41) is 3.15. The second-order valence-electron chi connectivity index (χ2n) is 5.23. The zero-order chi connectivity index (χ0) is 18.8. The van der Waals surface area contributed by atoms with Gasteiger partial charge in [0.1, 0.15) is 6.54 Å². The third-order valence-corrected chi connectivity index (χ3v) is 4.26. The van der Waals surface area contributed by atoms with E-state index in [1.54, 1.807) is 12.1 Å². The molecule has 2 aromatic rings. The smallest absolute Gasteiger partial charge is 0.341 e. The third kappa shape index (κ3) is 3.40. The molecule has 2 aromatic carbocycles. The van der Waals surface area contributed by atoms with Crippen molar-refractivity contribution in [2.75, 3.05) is 6.54 Å². The fraction of sp³-hybridized carbons (Fsp3) is 0.0588. The first-order valence-electron chi connectivity index (χ1n) is 7.30. The van der Waals surface area contributed by atoms with Crippen molar-refractivity contribution in [2.24, 2.45) is 0 Å². The second kappa shape index (κ2) is 7.15. The molecule has 132 valence electrons. The van der Waals surface area contributed by atoms with Crippen LogP contribution in [0.3, 0.4) is 0 Å². The fourth-order valence-corrected chi connectivity index (χ4v) is 2.57. The number of fused-ring (bicyclic) bond motifs is 1. The van der Waals surface area contributed by atoms with Crippen LogP contribution in [0.4, 0.5) is 0 Å². The van der Waals surface area contributed by atoms with Crippen LogP contribution in [-0.4, -0.2) is 35.3 Å². The van der Waals surface area contributed by atoms with Crippen molar-refractivity contribution in [1.29, 1.82) is 0 Å². The highest BCUT2D eigenvalue weighted by atomic mass is 35.5. The van der Waals surface area contributed by atoms with Gasteiger partial charge in [-0.2, -0.15) is 0 Å². The minimum atomic E-state index is -0.979. The molecule has 0 saturated carbocycles. The van der Waals surface area contributed by atoms with Crippen molar-refractivity contribution in [2.45, 2.75) is 0 Å². The maximum atomic E-state index is 12.1. The number of rotatable bonds is 4. The number of hydroxylamine groups is 2. The molecule has 0 aliphatic carbocycles. The lowest BCUT2D eigenvalue weighted by molar-refractivity contribution is -0.167. The molecule has 0 unspecified atom stereocenters. The molecule has 3 amide bonds. The Morgan fingerprint density at radius 2 is 1.58 bits per heavy atom. The predicted octanol–water partition coefficient (Wildman–Crippen LogP) is 2.48. The number of hydrogen-bond donors (Lipinski definition) is 1. The number of carbonyl (C=O) groups excluding carboxylic acids is 4. The van der Waals surface area contributed by atoms with Crippen molar-refractivity contribution >= 4 is 46.9 Å². The van der Waals surface area contributed by atoms with E-state index >= 15 is 0 Å². The molecule has 0 spiro atoms. The van der Waals surface area contributed by atoms with Gasteiger partial charge in [-0.05, 0) is 30.3 Å². The lowest BCUT2D eigenvalue weighted by atomic mass is 10.1. The van der Waals surface area contributed by atoms with Crippen LogP contribution in [0.1, 0.15) is 31.1 Å². The molecule has 0 saturated heterocycles. The average Bonchev–Trinajstić information content (AvgIpc) is 2.87. The molecule has 7 nitrogen and oxygen atoms in total. The minimum Gasteiger partial charge on any atom is -0.341 e. The number of nitrogens with zero attached hydrogens (tertiary/aromatic N) is 1. The molecule has 0 radical (unpaired) electrons. The van der Waals surface area contributed by atoms with Gasteiger partial charge in [0.05, 0.1) is 21.2 Å². The van der Waals surface area contributed by atoms with E-state index in [0.717, 1.165) is 0 Å². The van der Waals surface area contributed by atoms with E-state index in [-0.39, 0.29) is 26.7 Å². The van der Waals surface area contributed by atoms with Gasteiger partial charge in [-0.15, -0.1) is 0 Å². The molecule has 0 atom stereocenters. The van der Waals surface area contributed by atoms with Crippen LogP contribution in [0.2, 0.25) is 10.0 Å². The number of halogens is 2. The molecule has 0 fully saturated rings. The molecule has 1 heterocycles. The van der Waals surface area contributed by atoms with E-state index in [1.807, 2.05) is 0 Å². The average molecular weight is 393 g/mol. The molecule has 1 N–H and O–H groups in total. The van der Waals surface area contributed by atoms with Gasteiger partial charge in [-0.3, -0.25) is 14.4 Å². The first-order chi connectivity index (χ1) is 12.4. The molecule has 1 aliphatic rings. The monoisotopic (exact) mass is 392 g/mol. The molecular formula is C17H10Cl2N2O5. The van der Waals surface area contributed by atoms with E-state index in [2.05, 4.69) is 5.32 Å². The first-order valence-corrected chi connectivity index (χ1v) is 8.06. The van der Waals surface area contributed by atoms with Crippen molar-refractivity contribution < 1.29 is 24.0 Å². The van der Waals surface area contributed by atoms with Gasteiger partial charge in [0.25, 0.3) is 17.7 Å². The summed E-state index contributed by atoms with van der Waals surface area (Å²) in [6.45, 7) is -0.549. The van der Waals surface area contributed by atoms with E-state index in [0.29, 0.717) is 5.06 Å². The highest BCUT2D eigenvalue weighted by molar-refractivity contribution is 6.42. The minimum absolute atomic E-state index is 0.144. The Hall–Kier alpha value is -2.90. The Morgan fingerprint density at radius 1 is 0.962 bits per heavy atom. The van der Waals surface area contributed by atoms with Crippen molar-refractivity contribution in [3.8, 4) is 0 Å². The summed E-state index contributed by atoms with van der Waals surface area (Å²) >= 11 is 11.6. The lowest BCUT2D eigenvalue weighted by Crippen LogP contribution is -2.38. The van der Waals surface area contributed by atoms with E-state index < -0.39 is 30.2 Å². The van der Waals surface area contributed by atoms with Crippen molar-refractivity contribution in [1.82, 2.24) is 10.4 Å². The van der Waals surface area contributed by atoms with E-state index in [4.69, 9.17) is 28.0 Å². The van der Waals surface area contributed by atoms with Gasteiger partial charge in [-0.25, -0.2) is 4.79 Å². The van der Waals surface area contributed by atoms with Crippen LogP contribution >= 0.6 is 23.2 Å². The fourth-order valence-electron chi connectivity index (χ4n) is 2.28. The Kier molecular flexibility index (Phi) is 4.92. The molecule has 0 bridgehead atoms. The van der Waals surface area contributed by atoms with Crippen molar-refractivity contribution in [3.63, 3.8) is 0 Å². The summed E-state index contributed by atoms with van der Waals surface area (Å²) in [7, 11) is 0. The summed E-state index contributed by atoms with van der Waals surface area (Å²) in [6.07, 6.45) is 0. The van der Waals surface area contributed by atoms with Crippen LogP contribution in [0.25, 0.3) is 0 Å². The van der Waals surface area contributed by atoms with Crippen LogP contribution in [0.5, 0.6) is 0 Å². The summed E-state index contributed by atoms with van der Waals surface area (Å²) in [5.41, 5.74) is 0.475. The third-order valence-electron chi connectivity index (χ3n) is 3.52. The Morgan fingerprint density at radius 3 is 2.15 bits per heavy atom. The van der Waals surface area contributed by atoms with Crippen molar-refractivity contribution in [3.05, 3.63) is 69.2 Å². The zero-order valence-electron chi connectivity index (χ0n) is 13.0. The van der Waals surface area contributed by atoms with Gasteiger partial charge in [0.15, 0.2) is 0 Å². The van der Waals surface area contributed by atoms with Gasteiger partial charge in [0.2, 0.25) is 0 Å². The molecule has 9 heteroatoms. The largest absolute Gasteiger partial charge is 0.352 e. The predicted molar refractivity (Wildman–Crippen MR) is 91.8 cm³/mol. The van der Waals surface area contributed by atoms with E-state index in [9.17, 15) is 19.2 Å². The van der Waals surface area contributed by atoms with Gasteiger partial charge in [-0.1, -0.05) is 40.4 Å². The number of nitrogens with one attached hydrogen (secondary N) is 1. The van der Waals surface area contributed by atoms with Crippen LogP contribution < -0.4 is 5.32 Å². The maximum absolute atomic E-state index is 12.1. The highest BCUT2D eigenvalue weighted by Gasteiger charge is 2.38. The SMILES string of the molecule is O=C(CNC(=O)c1ccc(Cl)c(Cl)c1)ON1C(=O)c2ccccc2C1=O. The van der Waals surface area contributed by atoms with Crippen LogP contribution in [0, 0.1) is 0 Å². The number of imide groups is 1. The topological polar surface area (TPSA) is 92.8 Å². The van der Waals surface area contributed by atoms with Crippen LogP contribution in [-0.2, 0) is 9.63 Å². The Balaban J connectivity index is 1.60. The Bertz CT molecular complexity index is 910.